The molecular weight excluding hydrogens is 365 g/mol. The smallest absolute Gasteiger partial charge is 0.261 e. The molecule has 28 heavy (non-hydrogen) atoms. The normalized spacial score (nSPS) is 19.6. The number of hydrogen-bond donors (Lipinski definition) is 1. The molecule has 8 heteroatoms. The topological polar surface area (TPSA) is 79.0 Å². The van der Waals surface area contributed by atoms with Gasteiger partial charge in [0.2, 0.25) is 0 Å². The molecule has 1 unspecified atom stereocenters. The van der Waals surface area contributed by atoms with Gasteiger partial charge in [0.25, 0.3) is 5.91 Å². The molecule has 1 aliphatic rings. The summed E-state index contributed by atoms with van der Waals surface area (Å²) in [5.41, 5.74) is 0.493. The standard InChI is InChI=1S/C20H26FN3O4/c1-20(12-25)8-5-9-24(11-20)19(26)16-17(28-22-18(16)23(2)3)13-6-7-14(21)15(10-13)27-4/h6-7,10,25H,5,8-9,11-12H2,1-4H3. The van der Waals surface area contributed by atoms with Gasteiger partial charge in [0, 0.05) is 38.2 Å². The van der Waals surface area contributed by atoms with E-state index < -0.39 is 5.82 Å². The van der Waals surface area contributed by atoms with Crippen LogP contribution >= 0.6 is 0 Å². The van der Waals surface area contributed by atoms with Gasteiger partial charge in [0.1, 0.15) is 5.56 Å². The zero-order valence-electron chi connectivity index (χ0n) is 16.7. The molecule has 7 nitrogen and oxygen atoms in total. The van der Waals surface area contributed by atoms with Crippen molar-refractivity contribution in [3.8, 4) is 17.1 Å². The summed E-state index contributed by atoms with van der Waals surface area (Å²) in [6.45, 7) is 3.03. The molecule has 152 valence electrons. The lowest BCUT2D eigenvalue weighted by molar-refractivity contribution is 0.0358. The van der Waals surface area contributed by atoms with Crippen LogP contribution < -0.4 is 9.64 Å². The number of anilines is 1. The van der Waals surface area contributed by atoms with E-state index in [9.17, 15) is 14.3 Å². The Morgan fingerprint density at radius 2 is 2.21 bits per heavy atom. The number of carbonyl (C=O) groups is 1. The number of aliphatic hydroxyl groups excluding tert-OH is 1. The second-order valence-corrected chi connectivity index (χ2v) is 7.75. The molecule has 0 bridgehead atoms. The van der Waals surface area contributed by atoms with Crippen LogP contribution in [0.2, 0.25) is 0 Å². The van der Waals surface area contributed by atoms with E-state index in [0.29, 0.717) is 30.0 Å². The van der Waals surface area contributed by atoms with Crippen LogP contribution in [0, 0.1) is 11.2 Å². The average molecular weight is 391 g/mol. The fourth-order valence-corrected chi connectivity index (χ4v) is 3.55. The van der Waals surface area contributed by atoms with Crippen molar-refractivity contribution in [1.82, 2.24) is 10.1 Å². The first-order valence-corrected chi connectivity index (χ1v) is 9.20. The van der Waals surface area contributed by atoms with Crippen LogP contribution in [0.25, 0.3) is 11.3 Å². The number of likely N-dealkylation sites (tertiary alicyclic amines) is 1. The minimum absolute atomic E-state index is 0.0168. The molecule has 1 N–H and O–H groups in total. The second-order valence-electron chi connectivity index (χ2n) is 7.75. The third-order valence-corrected chi connectivity index (χ3v) is 5.17. The fourth-order valence-electron chi connectivity index (χ4n) is 3.55. The maximum absolute atomic E-state index is 13.8. The van der Waals surface area contributed by atoms with Crippen molar-refractivity contribution in [1.29, 1.82) is 0 Å². The van der Waals surface area contributed by atoms with Gasteiger partial charge in [-0.2, -0.15) is 0 Å². The van der Waals surface area contributed by atoms with E-state index in [-0.39, 0.29) is 29.4 Å². The number of halogens is 1. The Labute approximate surface area is 163 Å². The first-order chi connectivity index (χ1) is 13.3. The number of piperidine rings is 1. The van der Waals surface area contributed by atoms with Crippen molar-refractivity contribution in [3.63, 3.8) is 0 Å². The third-order valence-electron chi connectivity index (χ3n) is 5.17. The van der Waals surface area contributed by atoms with Crippen molar-refractivity contribution in [3.05, 3.63) is 29.6 Å². The summed E-state index contributed by atoms with van der Waals surface area (Å²) in [6.07, 6.45) is 1.67. The van der Waals surface area contributed by atoms with Crippen molar-refractivity contribution in [2.24, 2.45) is 5.41 Å². The van der Waals surface area contributed by atoms with Crippen LogP contribution in [0.5, 0.6) is 5.75 Å². The largest absolute Gasteiger partial charge is 0.494 e. The van der Waals surface area contributed by atoms with E-state index in [1.54, 1.807) is 23.9 Å². The molecule has 1 fully saturated rings. The van der Waals surface area contributed by atoms with Crippen LogP contribution in [0.1, 0.15) is 30.1 Å². The fraction of sp³-hybridized carbons (Fsp3) is 0.500. The molecule has 1 saturated heterocycles. The summed E-state index contributed by atoms with van der Waals surface area (Å²) in [5, 5.41) is 13.8. The Bertz CT molecular complexity index is 867. The Kier molecular flexibility index (Phi) is 5.60. The highest BCUT2D eigenvalue weighted by molar-refractivity contribution is 6.04. The van der Waals surface area contributed by atoms with Gasteiger partial charge in [0.05, 0.1) is 13.7 Å². The van der Waals surface area contributed by atoms with Gasteiger partial charge < -0.3 is 24.2 Å². The number of ether oxygens (including phenoxy) is 1. The van der Waals surface area contributed by atoms with Gasteiger partial charge in [-0.1, -0.05) is 12.1 Å². The minimum atomic E-state index is -0.499. The lowest BCUT2D eigenvalue weighted by Gasteiger charge is -2.39. The zero-order chi connectivity index (χ0) is 20.5. The van der Waals surface area contributed by atoms with E-state index in [1.807, 2.05) is 6.92 Å². The molecule has 0 spiro atoms. The highest BCUT2D eigenvalue weighted by Gasteiger charge is 2.36. The number of aliphatic hydroxyl groups is 1. The van der Waals surface area contributed by atoms with E-state index in [0.717, 1.165) is 12.8 Å². The number of carbonyl (C=O) groups excluding carboxylic acids is 1. The van der Waals surface area contributed by atoms with Crippen molar-refractivity contribution >= 4 is 11.7 Å². The number of amides is 1. The molecule has 2 heterocycles. The number of methoxy groups -OCH3 is 1. The Morgan fingerprint density at radius 1 is 1.46 bits per heavy atom. The third kappa shape index (κ3) is 3.69. The van der Waals surface area contributed by atoms with Crippen LogP contribution in [0.4, 0.5) is 10.2 Å². The molecule has 0 radical (unpaired) electrons. The van der Waals surface area contributed by atoms with E-state index >= 15 is 0 Å². The predicted molar refractivity (Wildman–Crippen MR) is 103 cm³/mol. The summed E-state index contributed by atoms with van der Waals surface area (Å²) in [5.74, 6) is 0.0104. The van der Waals surface area contributed by atoms with Crippen LogP contribution in [0.15, 0.2) is 22.7 Å². The zero-order valence-corrected chi connectivity index (χ0v) is 16.7. The number of benzene rings is 1. The maximum Gasteiger partial charge on any atom is 0.261 e. The van der Waals surface area contributed by atoms with Gasteiger partial charge in [-0.15, -0.1) is 0 Å². The summed E-state index contributed by atoms with van der Waals surface area (Å²) < 4.78 is 24.4. The number of aromatic nitrogens is 1. The number of rotatable bonds is 5. The van der Waals surface area contributed by atoms with Crippen molar-refractivity contribution in [2.45, 2.75) is 19.8 Å². The molecule has 1 aromatic heterocycles. The minimum Gasteiger partial charge on any atom is -0.494 e. The highest BCUT2D eigenvalue weighted by Crippen LogP contribution is 2.36. The second kappa shape index (κ2) is 7.79. The SMILES string of the molecule is COc1cc(-c2onc(N(C)C)c2C(=O)N2CCCC(C)(CO)C2)ccc1F. The first-order valence-electron chi connectivity index (χ1n) is 9.20. The monoisotopic (exact) mass is 391 g/mol. The van der Waals surface area contributed by atoms with Gasteiger partial charge in [-0.3, -0.25) is 4.79 Å². The van der Waals surface area contributed by atoms with Crippen LogP contribution in [-0.4, -0.2) is 62.0 Å². The average Bonchev–Trinajstić information content (AvgIpc) is 3.13. The van der Waals surface area contributed by atoms with Gasteiger partial charge >= 0.3 is 0 Å². The molecule has 1 atom stereocenters. The molecule has 2 aromatic rings. The first kappa shape index (κ1) is 20.1. The Balaban J connectivity index is 2.04. The maximum atomic E-state index is 13.8. The lowest BCUT2D eigenvalue weighted by atomic mass is 9.82. The Hall–Kier alpha value is -2.61. The van der Waals surface area contributed by atoms with Gasteiger partial charge in [-0.25, -0.2) is 4.39 Å². The molecular formula is C20H26FN3O4. The van der Waals surface area contributed by atoms with E-state index in [1.165, 1.54) is 25.3 Å². The summed E-state index contributed by atoms with van der Waals surface area (Å²) >= 11 is 0. The van der Waals surface area contributed by atoms with Crippen LogP contribution in [-0.2, 0) is 0 Å². The molecule has 0 aliphatic carbocycles. The number of hydrogen-bond acceptors (Lipinski definition) is 6. The molecule has 1 aromatic carbocycles. The quantitative estimate of drug-likeness (QED) is 0.844. The highest BCUT2D eigenvalue weighted by atomic mass is 19.1. The van der Waals surface area contributed by atoms with Gasteiger partial charge in [0.15, 0.2) is 23.1 Å². The predicted octanol–water partition coefficient (Wildman–Crippen LogP) is 2.79. The molecule has 1 aliphatic heterocycles. The summed E-state index contributed by atoms with van der Waals surface area (Å²) in [6, 6.07) is 4.28. The van der Waals surface area contributed by atoms with Crippen LogP contribution in [0.3, 0.4) is 0 Å². The van der Waals surface area contributed by atoms with Crippen molar-refractivity contribution in [2.75, 3.05) is 45.8 Å². The number of nitrogens with zero attached hydrogens (tertiary/aromatic N) is 3. The van der Waals surface area contributed by atoms with Crippen molar-refractivity contribution < 1.29 is 23.6 Å². The lowest BCUT2D eigenvalue weighted by Crippen LogP contribution is -2.46. The summed E-state index contributed by atoms with van der Waals surface area (Å²) in [7, 11) is 4.93. The Morgan fingerprint density at radius 3 is 2.86 bits per heavy atom. The van der Waals surface area contributed by atoms with Gasteiger partial charge in [-0.05, 0) is 31.0 Å². The van der Waals surface area contributed by atoms with E-state index in [4.69, 9.17) is 9.26 Å². The summed E-state index contributed by atoms with van der Waals surface area (Å²) in [4.78, 5) is 16.8. The molecule has 0 saturated carbocycles. The molecule has 1 amide bonds. The molecule has 3 rings (SSSR count). The van der Waals surface area contributed by atoms with E-state index in [2.05, 4.69) is 5.16 Å².